The van der Waals surface area contributed by atoms with Gasteiger partial charge in [0, 0.05) is 47.9 Å². The Balaban J connectivity index is 0.00000380. The highest BCUT2D eigenvalue weighted by molar-refractivity contribution is 8.93. The highest BCUT2D eigenvalue weighted by atomic mass is 79.9. The monoisotopic (exact) mass is 572 g/mol. The number of hydrogen-bond donors (Lipinski definition) is 2. The number of benzene rings is 1. The van der Waals surface area contributed by atoms with Gasteiger partial charge in [-0.25, -0.2) is 9.78 Å². The predicted octanol–water partition coefficient (Wildman–Crippen LogP) is 5.17. The number of carbonyl (C=O) groups is 2. The Morgan fingerprint density at radius 1 is 1.19 bits per heavy atom. The van der Waals surface area contributed by atoms with Crippen molar-refractivity contribution in [2.24, 2.45) is 0 Å². The van der Waals surface area contributed by atoms with Crippen molar-refractivity contribution in [2.45, 2.75) is 65.3 Å². The van der Waals surface area contributed by atoms with Crippen LogP contribution in [-0.4, -0.2) is 58.8 Å². The van der Waals surface area contributed by atoms with Crippen LogP contribution in [0.2, 0.25) is 0 Å². The number of carbonyl (C=O) groups excluding carboxylic acids is 1. The summed E-state index contributed by atoms with van der Waals surface area (Å²) in [5.41, 5.74) is 4.35. The van der Waals surface area contributed by atoms with E-state index >= 15 is 0 Å². The van der Waals surface area contributed by atoms with Gasteiger partial charge in [-0.3, -0.25) is 10.2 Å². The zero-order valence-electron chi connectivity index (χ0n) is 22.3. The van der Waals surface area contributed by atoms with Crippen LogP contribution in [0.5, 0.6) is 5.75 Å². The Morgan fingerprint density at radius 3 is 2.43 bits per heavy atom. The average molecular weight is 574 g/mol. The number of rotatable bonds is 10. The number of carboxylic acids is 1. The van der Waals surface area contributed by atoms with Gasteiger partial charge in [0.25, 0.3) is 0 Å². The molecular formula is C28H37BrN4O4. The van der Waals surface area contributed by atoms with Crippen LogP contribution < -0.4 is 9.64 Å². The SMILES string of the molecule is Br.CCN(CC)c1cc(C(=O)CN2Cc3ccc(C4CC4)nc3C2=N)cc(C(C)(C)C)c1OCC(=O)O. The number of aliphatic carboxylic acids is 1. The zero-order valence-corrected chi connectivity index (χ0v) is 24.0. The summed E-state index contributed by atoms with van der Waals surface area (Å²) in [7, 11) is 0. The van der Waals surface area contributed by atoms with Crippen molar-refractivity contribution in [2.75, 3.05) is 31.1 Å². The number of Topliss-reactive ketones (excluding diaryl/α,β-unsaturated/α-hetero) is 1. The van der Waals surface area contributed by atoms with Crippen LogP contribution in [0, 0.1) is 5.41 Å². The van der Waals surface area contributed by atoms with Gasteiger partial charge in [-0.05, 0) is 50.3 Å². The number of ketones is 1. The topological polar surface area (TPSA) is 107 Å². The minimum atomic E-state index is -1.05. The molecule has 0 bridgehead atoms. The molecule has 0 radical (unpaired) electrons. The molecule has 0 spiro atoms. The first-order chi connectivity index (χ1) is 17.0. The first-order valence-corrected chi connectivity index (χ1v) is 12.7. The largest absolute Gasteiger partial charge is 0.479 e. The standard InChI is InChI=1S/C28H36N4O4.BrH/c1-6-31(7-2)22-13-19(12-20(28(3,4)5)26(22)36-16-24(34)35)23(33)15-32-14-18-10-11-21(17-8-9-17)30-25(18)27(32)29;/h10-13,17,29H,6-9,14-16H2,1-5H3,(H,34,35);1H. The lowest BCUT2D eigenvalue weighted by atomic mass is 9.84. The smallest absolute Gasteiger partial charge is 0.341 e. The second kappa shape index (κ2) is 11.2. The molecule has 37 heavy (non-hydrogen) atoms. The molecule has 200 valence electrons. The second-order valence-electron chi connectivity index (χ2n) is 10.6. The van der Waals surface area contributed by atoms with Gasteiger partial charge in [-0.15, -0.1) is 17.0 Å². The molecule has 0 amide bonds. The van der Waals surface area contributed by atoms with Crippen LogP contribution >= 0.6 is 17.0 Å². The maximum atomic E-state index is 13.6. The molecule has 2 N–H and O–H groups in total. The van der Waals surface area contributed by atoms with Crippen LogP contribution in [0.1, 0.15) is 86.3 Å². The molecule has 1 aliphatic heterocycles. The molecular weight excluding hydrogens is 536 g/mol. The summed E-state index contributed by atoms with van der Waals surface area (Å²) in [6.07, 6.45) is 2.30. The number of hydrogen-bond acceptors (Lipinski definition) is 6. The first-order valence-electron chi connectivity index (χ1n) is 12.7. The average Bonchev–Trinajstić information content (AvgIpc) is 3.63. The highest BCUT2D eigenvalue weighted by Crippen LogP contribution is 2.41. The number of halogens is 1. The maximum absolute atomic E-state index is 13.6. The van der Waals surface area contributed by atoms with E-state index in [2.05, 4.69) is 11.0 Å². The van der Waals surface area contributed by atoms with E-state index in [4.69, 9.17) is 15.1 Å². The third-order valence-corrected chi connectivity index (χ3v) is 6.88. The van der Waals surface area contributed by atoms with Crippen molar-refractivity contribution >= 4 is 40.3 Å². The molecule has 2 aromatic rings. The summed E-state index contributed by atoms with van der Waals surface area (Å²) in [4.78, 5) is 33.4. The van der Waals surface area contributed by atoms with Gasteiger partial charge < -0.3 is 19.6 Å². The van der Waals surface area contributed by atoms with Crippen LogP contribution in [0.15, 0.2) is 24.3 Å². The molecule has 8 nitrogen and oxygen atoms in total. The molecule has 1 aliphatic carbocycles. The van der Waals surface area contributed by atoms with E-state index in [1.54, 1.807) is 11.0 Å². The fourth-order valence-electron chi connectivity index (χ4n) is 4.69. The van der Waals surface area contributed by atoms with Crippen molar-refractivity contribution < 1.29 is 19.4 Å². The van der Waals surface area contributed by atoms with Gasteiger partial charge in [0.2, 0.25) is 0 Å². The van der Waals surface area contributed by atoms with E-state index in [1.165, 1.54) is 0 Å². The molecule has 9 heteroatoms. The Labute approximate surface area is 229 Å². The third-order valence-electron chi connectivity index (χ3n) is 6.88. The summed E-state index contributed by atoms with van der Waals surface area (Å²) in [6.45, 7) is 11.6. The minimum Gasteiger partial charge on any atom is -0.479 e. The lowest BCUT2D eigenvalue weighted by Crippen LogP contribution is -2.31. The minimum absolute atomic E-state index is 0. The van der Waals surface area contributed by atoms with E-state index in [-0.39, 0.29) is 34.7 Å². The Hall–Kier alpha value is -2.94. The Kier molecular flexibility index (Phi) is 8.67. The quantitative estimate of drug-likeness (QED) is 0.378. The molecule has 2 heterocycles. The number of fused-ring (bicyclic) bond motifs is 1. The van der Waals surface area contributed by atoms with Crippen molar-refractivity contribution in [3.63, 3.8) is 0 Å². The van der Waals surface area contributed by atoms with Gasteiger partial charge in [0.15, 0.2) is 12.4 Å². The van der Waals surface area contributed by atoms with Crippen LogP contribution in [0.4, 0.5) is 5.69 Å². The highest BCUT2D eigenvalue weighted by Gasteiger charge is 2.32. The number of amidine groups is 1. The molecule has 1 fully saturated rings. The van der Waals surface area contributed by atoms with Crippen molar-refractivity contribution in [3.8, 4) is 5.75 Å². The zero-order chi connectivity index (χ0) is 26.2. The molecule has 2 aliphatic rings. The summed E-state index contributed by atoms with van der Waals surface area (Å²) in [6, 6.07) is 7.72. The fraction of sp³-hybridized carbons (Fsp3) is 0.500. The van der Waals surface area contributed by atoms with E-state index in [1.807, 2.05) is 46.8 Å². The molecule has 4 rings (SSSR count). The van der Waals surface area contributed by atoms with E-state index in [0.717, 1.165) is 29.7 Å². The summed E-state index contributed by atoms with van der Waals surface area (Å²) < 4.78 is 5.80. The molecule has 1 saturated carbocycles. The molecule has 1 aromatic heterocycles. The van der Waals surface area contributed by atoms with Gasteiger partial charge in [-0.2, -0.15) is 0 Å². The lowest BCUT2D eigenvalue weighted by molar-refractivity contribution is -0.139. The number of carboxylic acid groups (broad SMARTS) is 1. The molecule has 0 atom stereocenters. The van der Waals surface area contributed by atoms with E-state index in [9.17, 15) is 14.7 Å². The fourth-order valence-corrected chi connectivity index (χ4v) is 4.69. The molecule has 0 saturated heterocycles. The molecule has 1 aromatic carbocycles. The normalized spacial score (nSPS) is 14.7. The summed E-state index contributed by atoms with van der Waals surface area (Å²) in [5.74, 6) is 0.158. The summed E-state index contributed by atoms with van der Waals surface area (Å²) >= 11 is 0. The van der Waals surface area contributed by atoms with Crippen molar-refractivity contribution in [1.29, 1.82) is 5.41 Å². The van der Waals surface area contributed by atoms with E-state index in [0.29, 0.717) is 54.1 Å². The number of nitrogens with one attached hydrogen (secondary N) is 1. The Morgan fingerprint density at radius 2 is 1.86 bits per heavy atom. The van der Waals surface area contributed by atoms with Crippen LogP contribution in [-0.2, 0) is 16.8 Å². The van der Waals surface area contributed by atoms with Gasteiger partial charge in [-0.1, -0.05) is 26.8 Å². The summed E-state index contributed by atoms with van der Waals surface area (Å²) in [5, 5.41) is 17.9. The van der Waals surface area contributed by atoms with Crippen molar-refractivity contribution in [1.82, 2.24) is 9.88 Å². The van der Waals surface area contributed by atoms with Crippen molar-refractivity contribution in [3.05, 3.63) is 52.3 Å². The number of aromatic nitrogens is 1. The lowest BCUT2D eigenvalue weighted by Gasteiger charge is -2.30. The number of nitrogens with zero attached hydrogens (tertiary/aromatic N) is 3. The van der Waals surface area contributed by atoms with E-state index < -0.39 is 12.6 Å². The predicted molar refractivity (Wildman–Crippen MR) is 150 cm³/mol. The number of anilines is 1. The number of pyridine rings is 1. The van der Waals surface area contributed by atoms with Gasteiger partial charge in [0.1, 0.15) is 17.3 Å². The second-order valence-corrected chi connectivity index (χ2v) is 10.6. The molecule has 0 unspecified atom stereocenters. The third kappa shape index (κ3) is 6.14. The maximum Gasteiger partial charge on any atom is 0.341 e. The number of ether oxygens (including phenoxy) is 1. The van der Waals surface area contributed by atoms with Crippen LogP contribution in [0.3, 0.4) is 0 Å². The van der Waals surface area contributed by atoms with Crippen LogP contribution in [0.25, 0.3) is 0 Å². The van der Waals surface area contributed by atoms with Gasteiger partial charge >= 0.3 is 5.97 Å². The first kappa shape index (κ1) is 28.6. The van der Waals surface area contributed by atoms with Gasteiger partial charge in [0.05, 0.1) is 12.2 Å². The Bertz CT molecular complexity index is 1200.